The Morgan fingerprint density at radius 2 is 0.663 bits per heavy atom. The van der Waals surface area contributed by atoms with Crippen molar-refractivity contribution in [1.29, 1.82) is 0 Å². The lowest BCUT2D eigenvalue weighted by atomic mass is 9.99. The SMILES string of the molecule is CC(C)C[C@H]1C(=O)O[C@H](Cc2ccc(Cn3cc(C(F)F)cn3)cc2)C(=O)N(C)[C@@H](CC(C)C)C(=O)O[C@H](C)C(=O)N(C)[C@@H](CC(C)C)C(=O)O[C@H](Cc2ccc(Cn3cc(C(F)F)cn3)cc2)C(=O)N(C)[C@@H](CC(C)C)C(=O)O[C@H](C)C(=O)N1C. The van der Waals surface area contributed by atoms with Gasteiger partial charge in [0.1, 0.15) is 24.2 Å². The van der Waals surface area contributed by atoms with Crippen molar-refractivity contribution in [2.45, 2.75) is 182 Å². The van der Waals surface area contributed by atoms with Gasteiger partial charge in [0.15, 0.2) is 24.4 Å². The number of carbonyl (C=O) groups is 8. The zero-order valence-corrected chi connectivity index (χ0v) is 51.7. The van der Waals surface area contributed by atoms with Gasteiger partial charge in [-0.15, -0.1) is 0 Å². The first kappa shape index (κ1) is 69.1. The van der Waals surface area contributed by atoms with Gasteiger partial charge in [-0.1, -0.05) is 104 Å². The molecular weight excluding hydrogens is 1120 g/mol. The number of ether oxygens (including phenoxy) is 4. The molecule has 5 rings (SSSR count). The van der Waals surface area contributed by atoms with Gasteiger partial charge >= 0.3 is 23.9 Å². The molecule has 4 aromatic rings. The van der Waals surface area contributed by atoms with Gasteiger partial charge < -0.3 is 38.5 Å². The van der Waals surface area contributed by atoms with Gasteiger partial charge in [0, 0.05) is 53.4 Å². The van der Waals surface area contributed by atoms with Crippen molar-refractivity contribution in [1.82, 2.24) is 39.2 Å². The Bertz CT molecular complexity index is 2740. The molecule has 0 aliphatic carbocycles. The van der Waals surface area contributed by atoms with Crippen molar-refractivity contribution >= 4 is 47.5 Å². The molecule has 3 heterocycles. The summed E-state index contributed by atoms with van der Waals surface area (Å²) in [5, 5.41) is 8.02. The second-order valence-electron chi connectivity index (χ2n) is 24.0. The van der Waals surface area contributed by atoms with Crippen LogP contribution in [-0.4, -0.2) is 163 Å². The van der Waals surface area contributed by atoms with Crippen LogP contribution in [0.2, 0.25) is 0 Å². The molecule has 1 aliphatic rings. The second-order valence-corrected chi connectivity index (χ2v) is 24.0. The van der Waals surface area contributed by atoms with Crippen LogP contribution in [0.3, 0.4) is 0 Å². The first-order valence-electron chi connectivity index (χ1n) is 29.0. The van der Waals surface area contributed by atoms with Crippen molar-refractivity contribution in [2.24, 2.45) is 23.7 Å². The topological polar surface area (TPSA) is 222 Å². The monoisotopic (exact) mass is 1210 g/mol. The zero-order valence-electron chi connectivity index (χ0n) is 51.7. The second kappa shape index (κ2) is 31.1. The van der Waals surface area contributed by atoms with Crippen molar-refractivity contribution in [3.8, 4) is 0 Å². The third-order valence-corrected chi connectivity index (χ3v) is 14.9. The molecule has 20 nitrogen and oxygen atoms in total. The number of rotatable bonds is 18. The van der Waals surface area contributed by atoms with Crippen molar-refractivity contribution in [3.05, 3.63) is 107 Å². The molecule has 1 saturated heterocycles. The van der Waals surface area contributed by atoms with E-state index < -0.39 is 109 Å². The minimum atomic E-state index is -2.71. The van der Waals surface area contributed by atoms with Gasteiger partial charge in [-0.05, 0) is 85.5 Å². The molecule has 0 bridgehead atoms. The number of likely N-dealkylation sites (N-methyl/N-ethyl adjacent to an activating group) is 4. The van der Waals surface area contributed by atoms with Gasteiger partial charge in [0.2, 0.25) is 0 Å². The summed E-state index contributed by atoms with van der Waals surface area (Å²) in [5.41, 5.74) is 1.80. The number of carbonyl (C=O) groups excluding carboxylic acids is 8. The molecule has 0 unspecified atom stereocenters. The standard InChI is InChI=1S/C62H84F4N8O12/c1-35(2)23-47-59(79)83-39(9)55(75)69(11)50(26-38(7)8)62(82)86-52(28-42-17-21-44(22-18-42)32-74-34-46(30-68-74)54(65)66)58(78)72(14)48(24-36(3)4)60(80)84-40(10)56(76)70(12)49(25-37(5)6)61(81)85-51(57(77)71(47)13)27-41-15-19-43(20-16-41)31-73-33-45(29-67-73)53(63)64/h15-22,29-30,33-40,47-54H,23-28,31-32H2,1-14H3/t39-,40-,47+,48+,49+,50+,51-,52-/m1/s1. The lowest BCUT2D eigenvalue weighted by molar-refractivity contribution is -0.176. The molecule has 0 N–H and O–H groups in total. The summed E-state index contributed by atoms with van der Waals surface area (Å²) in [6.45, 7) is 17.3. The Kier molecular flexibility index (Phi) is 25.0. The highest BCUT2D eigenvalue weighted by molar-refractivity contribution is 5.94. The maximum Gasteiger partial charge on any atom is 0.329 e. The Balaban J connectivity index is 1.58. The van der Waals surface area contributed by atoms with Crippen LogP contribution in [-0.2, 0) is 83.2 Å². The van der Waals surface area contributed by atoms with Crippen molar-refractivity contribution < 1.29 is 74.9 Å². The predicted molar refractivity (Wildman–Crippen MR) is 308 cm³/mol. The number of halogens is 4. The molecule has 4 amide bonds. The van der Waals surface area contributed by atoms with Crippen LogP contribution in [0.4, 0.5) is 17.6 Å². The third kappa shape index (κ3) is 19.2. The molecule has 472 valence electrons. The number of amides is 4. The first-order chi connectivity index (χ1) is 40.3. The molecule has 1 fully saturated rings. The van der Waals surface area contributed by atoms with E-state index in [1.807, 2.05) is 0 Å². The van der Waals surface area contributed by atoms with Gasteiger partial charge in [-0.3, -0.25) is 28.5 Å². The number of esters is 4. The molecule has 8 atom stereocenters. The largest absolute Gasteiger partial charge is 0.451 e. The van der Waals surface area contributed by atoms with E-state index in [4.69, 9.17) is 18.9 Å². The number of alkyl halides is 4. The maximum absolute atomic E-state index is 15.0. The minimum Gasteiger partial charge on any atom is -0.451 e. The summed E-state index contributed by atoms with van der Waals surface area (Å²) >= 11 is 0. The number of cyclic esters (lactones) is 4. The summed E-state index contributed by atoms with van der Waals surface area (Å²) in [7, 11) is 5.31. The summed E-state index contributed by atoms with van der Waals surface area (Å²) in [6, 6.07) is 7.91. The van der Waals surface area contributed by atoms with Gasteiger partial charge in [-0.2, -0.15) is 10.2 Å². The van der Waals surface area contributed by atoms with E-state index in [2.05, 4.69) is 10.2 Å². The van der Waals surface area contributed by atoms with Gasteiger partial charge in [0.05, 0.1) is 36.6 Å². The highest BCUT2D eigenvalue weighted by Crippen LogP contribution is 2.26. The van der Waals surface area contributed by atoms with Crippen molar-refractivity contribution in [3.63, 3.8) is 0 Å². The van der Waals surface area contributed by atoms with E-state index in [9.17, 15) is 46.3 Å². The molecule has 2 aromatic heterocycles. The fraction of sp³-hybridized carbons (Fsp3) is 0.581. The Morgan fingerprint density at radius 1 is 0.407 bits per heavy atom. The van der Waals surface area contributed by atoms with Crippen molar-refractivity contribution in [2.75, 3.05) is 28.2 Å². The number of hydrogen-bond acceptors (Lipinski definition) is 14. The first-order valence-corrected chi connectivity index (χ1v) is 29.0. The van der Waals surface area contributed by atoms with E-state index in [0.29, 0.717) is 22.3 Å². The Hall–Kier alpha value is -7.66. The van der Waals surface area contributed by atoms with Gasteiger partial charge in [0.25, 0.3) is 36.5 Å². The fourth-order valence-corrected chi connectivity index (χ4v) is 10.0. The Labute approximate surface area is 500 Å². The molecule has 0 saturated carbocycles. The summed E-state index contributed by atoms with van der Waals surface area (Å²) < 4.78 is 80.0. The number of hydrogen-bond donors (Lipinski definition) is 0. The highest BCUT2D eigenvalue weighted by Gasteiger charge is 2.43. The van der Waals surface area contributed by atoms with Crippen LogP contribution >= 0.6 is 0 Å². The zero-order chi connectivity index (χ0) is 64.0. The van der Waals surface area contributed by atoms with Crippen LogP contribution < -0.4 is 0 Å². The molecule has 1 aliphatic heterocycles. The van der Waals surface area contributed by atoms with Crippen LogP contribution in [0.25, 0.3) is 0 Å². The molecule has 24 heteroatoms. The van der Waals surface area contributed by atoms with Crippen LogP contribution in [0.5, 0.6) is 0 Å². The minimum absolute atomic E-state index is 0.0110. The summed E-state index contributed by atoms with van der Waals surface area (Å²) in [5.74, 6) is -8.33. The molecule has 0 spiro atoms. The Morgan fingerprint density at radius 3 is 0.919 bits per heavy atom. The third-order valence-electron chi connectivity index (χ3n) is 14.9. The molecular formula is C62H84F4N8O12. The van der Waals surface area contributed by atoms with Gasteiger partial charge in [-0.25, -0.2) is 36.7 Å². The average Bonchev–Trinajstić information content (AvgIpc) is 2.58. The van der Waals surface area contributed by atoms with E-state index in [1.54, 1.807) is 104 Å². The van der Waals surface area contributed by atoms with E-state index in [1.165, 1.54) is 63.8 Å². The van der Waals surface area contributed by atoms with Crippen LogP contribution in [0.1, 0.15) is 141 Å². The fourth-order valence-electron chi connectivity index (χ4n) is 10.0. The molecule has 86 heavy (non-hydrogen) atoms. The highest BCUT2D eigenvalue weighted by atomic mass is 19.3. The van der Waals surface area contributed by atoms with Crippen LogP contribution in [0, 0.1) is 23.7 Å². The average molecular weight is 1210 g/mol. The van der Waals surface area contributed by atoms with E-state index in [-0.39, 0.29) is 86.4 Å². The molecule has 0 radical (unpaired) electrons. The smallest absolute Gasteiger partial charge is 0.329 e. The van der Waals surface area contributed by atoms with Crippen LogP contribution in [0.15, 0.2) is 73.3 Å². The number of aromatic nitrogens is 4. The number of nitrogens with zero attached hydrogens (tertiary/aromatic N) is 8. The molecule has 2 aromatic carbocycles. The number of benzene rings is 2. The van der Waals surface area contributed by atoms with E-state index in [0.717, 1.165) is 32.0 Å². The summed E-state index contributed by atoms with van der Waals surface area (Å²) in [4.78, 5) is 122. The summed E-state index contributed by atoms with van der Waals surface area (Å²) in [6.07, 6.45) is -7.67. The normalized spacial score (nSPS) is 22.6. The lowest BCUT2D eigenvalue weighted by Gasteiger charge is -2.35. The maximum atomic E-state index is 15.0. The predicted octanol–water partition coefficient (Wildman–Crippen LogP) is 8.03. The van der Waals surface area contributed by atoms with E-state index >= 15 is 9.59 Å². The quantitative estimate of drug-likeness (QED) is 0.0523. The lowest BCUT2D eigenvalue weighted by Crippen LogP contribution is -2.55.